The van der Waals surface area contributed by atoms with Gasteiger partial charge in [-0.05, 0) is 12.1 Å². The summed E-state index contributed by atoms with van der Waals surface area (Å²) >= 11 is 0. The summed E-state index contributed by atoms with van der Waals surface area (Å²) < 4.78 is 0. The summed E-state index contributed by atoms with van der Waals surface area (Å²) in [6, 6.07) is 11.9. The van der Waals surface area contributed by atoms with Crippen LogP contribution in [-0.2, 0) is 0 Å². The molecule has 2 heterocycles. The number of hydrogen-bond donors (Lipinski definition) is 2. The zero-order chi connectivity index (χ0) is 14.7. The van der Waals surface area contributed by atoms with Crippen LogP contribution in [0, 0.1) is 11.3 Å². The van der Waals surface area contributed by atoms with Crippen LogP contribution in [-0.4, -0.2) is 26.7 Å². The zero-order valence-corrected chi connectivity index (χ0v) is 11.2. The Hall–Kier alpha value is -3.14. The highest BCUT2D eigenvalue weighted by Gasteiger charge is 2.16. The standard InChI is InChI=1S/C14H13N7/c15-7-4-8-21(10-5-2-1-3-6-10)13-11-9-17-20-12(11)18-14(16)19-13/h1-3,5-6,9H,4,8H2,(H3,16,17,18,19,20). The molecular formula is C14H13N7. The molecule has 7 nitrogen and oxygen atoms in total. The molecule has 1 aromatic carbocycles. The van der Waals surface area contributed by atoms with Crippen molar-refractivity contribution in [1.29, 1.82) is 5.26 Å². The molecule has 0 bridgehead atoms. The predicted molar refractivity (Wildman–Crippen MR) is 79.8 cm³/mol. The lowest BCUT2D eigenvalue weighted by molar-refractivity contribution is 0.930. The summed E-state index contributed by atoms with van der Waals surface area (Å²) in [6.07, 6.45) is 2.03. The smallest absolute Gasteiger partial charge is 0.224 e. The molecular weight excluding hydrogens is 266 g/mol. The minimum absolute atomic E-state index is 0.166. The van der Waals surface area contributed by atoms with Crippen molar-refractivity contribution in [2.75, 3.05) is 17.2 Å². The van der Waals surface area contributed by atoms with Gasteiger partial charge in [-0.1, -0.05) is 18.2 Å². The number of benzene rings is 1. The Balaban J connectivity index is 2.14. The number of para-hydroxylation sites is 1. The lowest BCUT2D eigenvalue weighted by Gasteiger charge is -2.23. The molecule has 0 spiro atoms. The summed E-state index contributed by atoms with van der Waals surface area (Å²) in [5.74, 6) is 0.812. The second-order valence-corrected chi connectivity index (χ2v) is 4.43. The van der Waals surface area contributed by atoms with Crippen LogP contribution >= 0.6 is 0 Å². The van der Waals surface area contributed by atoms with E-state index in [2.05, 4.69) is 26.2 Å². The number of anilines is 3. The minimum Gasteiger partial charge on any atom is -0.368 e. The maximum atomic E-state index is 8.88. The van der Waals surface area contributed by atoms with Crippen molar-refractivity contribution in [3.05, 3.63) is 36.5 Å². The van der Waals surface area contributed by atoms with Crippen LogP contribution in [0.2, 0.25) is 0 Å². The number of fused-ring (bicyclic) bond motifs is 1. The third-order valence-electron chi connectivity index (χ3n) is 3.08. The fourth-order valence-electron chi connectivity index (χ4n) is 2.17. The van der Waals surface area contributed by atoms with Gasteiger partial charge >= 0.3 is 0 Å². The number of nitrogens with two attached hydrogens (primary N) is 1. The molecule has 0 unspecified atom stereocenters. The molecule has 2 aromatic heterocycles. The topological polar surface area (TPSA) is 108 Å². The van der Waals surface area contributed by atoms with E-state index in [4.69, 9.17) is 11.0 Å². The van der Waals surface area contributed by atoms with Gasteiger partial charge in [0.1, 0.15) is 5.82 Å². The number of nitrogens with zero attached hydrogens (tertiary/aromatic N) is 5. The number of H-pyrrole nitrogens is 1. The van der Waals surface area contributed by atoms with Crippen LogP contribution < -0.4 is 10.6 Å². The normalized spacial score (nSPS) is 10.4. The van der Waals surface area contributed by atoms with E-state index in [1.54, 1.807) is 6.20 Å². The first-order chi connectivity index (χ1) is 10.3. The molecule has 0 radical (unpaired) electrons. The molecule has 0 amide bonds. The van der Waals surface area contributed by atoms with Crippen molar-refractivity contribution in [2.24, 2.45) is 0 Å². The molecule has 0 fully saturated rings. The molecule has 0 aliphatic heterocycles. The van der Waals surface area contributed by atoms with E-state index in [1.807, 2.05) is 35.2 Å². The lowest BCUT2D eigenvalue weighted by Crippen LogP contribution is -2.20. The SMILES string of the molecule is N#CCCN(c1ccccc1)c1nc(N)nc2[nH]ncc12. The largest absolute Gasteiger partial charge is 0.368 e. The average molecular weight is 279 g/mol. The van der Waals surface area contributed by atoms with Gasteiger partial charge in [0.25, 0.3) is 0 Å². The van der Waals surface area contributed by atoms with Gasteiger partial charge in [-0.15, -0.1) is 0 Å². The summed E-state index contributed by atoms with van der Waals surface area (Å²) in [7, 11) is 0. The van der Waals surface area contributed by atoms with E-state index in [9.17, 15) is 0 Å². The Labute approximate surface area is 121 Å². The average Bonchev–Trinajstić information content (AvgIpc) is 2.96. The summed E-state index contributed by atoms with van der Waals surface area (Å²) in [5, 5.41) is 16.4. The Morgan fingerprint density at radius 2 is 2.05 bits per heavy atom. The predicted octanol–water partition coefficient (Wildman–Crippen LogP) is 1.99. The molecule has 3 rings (SSSR count). The van der Waals surface area contributed by atoms with Gasteiger partial charge in [-0.3, -0.25) is 5.10 Å². The van der Waals surface area contributed by atoms with E-state index in [0.717, 1.165) is 11.1 Å². The van der Waals surface area contributed by atoms with Gasteiger partial charge in [0.2, 0.25) is 5.95 Å². The van der Waals surface area contributed by atoms with E-state index in [0.29, 0.717) is 24.4 Å². The van der Waals surface area contributed by atoms with E-state index < -0.39 is 0 Å². The first-order valence-electron chi connectivity index (χ1n) is 6.45. The monoisotopic (exact) mass is 279 g/mol. The van der Waals surface area contributed by atoms with E-state index in [-0.39, 0.29) is 5.95 Å². The van der Waals surface area contributed by atoms with Crippen LogP contribution in [0.1, 0.15) is 6.42 Å². The maximum Gasteiger partial charge on any atom is 0.224 e. The number of hydrogen-bond acceptors (Lipinski definition) is 6. The van der Waals surface area contributed by atoms with Gasteiger partial charge in [0.15, 0.2) is 5.65 Å². The van der Waals surface area contributed by atoms with E-state index in [1.165, 1.54) is 0 Å². The third-order valence-corrected chi connectivity index (χ3v) is 3.08. The molecule has 7 heteroatoms. The second-order valence-electron chi connectivity index (χ2n) is 4.43. The number of aromatic nitrogens is 4. The van der Waals surface area contributed by atoms with Crippen molar-refractivity contribution < 1.29 is 0 Å². The Morgan fingerprint density at radius 3 is 2.81 bits per heavy atom. The zero-order valence-electron chi connectivity index (χ0n) is 11.2. The minimum atomic E-state index is 0.166. The molecule has 0 saturated heterocycles. The number of nitrogen functional groups attached to an aromatic ring is 1. The van der Waals surface area contributed by atoms with Gasteiger partial charge in [-0.25, -0.2) is 0 Å². The maximum absolute atomic E-state index is 8.88. The van der Waals surface area contributed by atoms with Gasteiger partial charge in [-0.2, -0.15) is 20.3 Å². The summed E-state index contributed by atoms with van der Waals surface area (Å²) in [5.41, 5.74) is 7.28. The lowest BCUT2D eigenvalue weighted by atomic mass is 10.2. The quantitative estimate of drug-likeness (QED) is 0.756. The van der Waals surface area contributed by atoms with Gasteiger partial charge < -0.3 is 10.6 Å². The fraction of sp³-hybridized carbons (Fsp3) is 0.143. The first-order valence-corrected chi connectivity index (χ1v) is 6.45. The number of nitrogens with one attached hydrogen (secondary N) is 1. The molecule has 3 N–H and O–H groups in total. The molecule has 0 saturated carbocycles. The molecule has 0 atom stereocenters. The fourth-order valence-corrected chi connectivity index (χ4v) is 2.17. The Kier molecular flexibility index (Phi) is 3.35. The van der Waals surface area contributed by atoms with Crippen LogP contribution in [0.25, 0.3) is 11.0 Å². The summed E-state index contributed by atoms with van der Waals surface area (Å²) in [6.45, 7) is 0.511. The number of nitriles is 1. The molecule has 0 aliphatic rings. The van der Waals surface area contributed by atoms with E-state index >= 15 is 0 Å². The highest BCUT2D eigenvalue weighted by Crippen LogP contribution is 2.29. The van der Waals surface area contributed by atoms with Crippen molar-refractivity contribution in [1.82, 2.24) is 20.2 Å². The first kappa shape index (κ1) is 12.9. The van der Waals surface area contributed by atoms with Crippen LogP contribution in [0.4, 0.5) is 17.5 Å². The molecule has 3 aromatic rings. The van der Waals surface area contributed by atoms with Crippen molar-refractivity contribution in [2.45, 2.75) is 6.42 Å². The van der Waals surface area contributed by atoms with Crippen LogP contribution in [0.3, 0.4) is 0 Å². The summed E-state index contributed by atoms with van der Waals surface area (Å²) in [4.78, 5) is 10.4. The van der Waals surface area contributed by atoms with Gasteiger partial charge in [0, 0.05) is 12.2 Å². The van der Waals surface area contributed by atoms with Crippen LogP contribution in [0.5, 0.6) is 0 Å². The molecule has 0 aliphatic carbocycles. The Morgan fingerprint density at radius 1 is 1.24 bits per heavy atom. The Bertz CT molecular complexity index is 788. The second kappa shape index (κ2) is 5.46. The van der Waals surface area contributed by atoms with Crippen LogP contribution in [0.15, 0.2) is 36.5 Å². The highest BCUT2D eigenvalue weighted by atomic mass is 15.2. The number of rotatable bonds is 4. The van der Waals surface area contributed by atoms with Gasteiger partial charge in [0.05, 0.1) is 24.1 Å². The number of aromatic amines is 1. The van der Waals surface area contributed by atoms with Crippen molar-refractivity contribution >= 4 is 28.5 Å². The highest BCUT2D eigenvalue weighted by molar-refractivity contribution is 5.89. The van der Waals surface area contributed by atoms with Crippen molar-refractivity contribution in [3.63, 3.8) is 0 Å². The third kappa shape index (κ3) is 2.47. The van der Waals surface area contributed by atoms with Crippen molar-refractivity contribution in [3.8, 4) is 6.07 Å². The molecule has 104 valence electrons. The molecule has 21 heavy (non-hydrogen) atoms.